The number of rotatable bonds is 3. The number of nitrogens with zero attached hydrogens (tertiary/aromatic N) is 3. The van der Waals surface area contributed by atoms with Crippen molar-refractivity contribution in [3.05, 3.63) is 17.5 Å². The number of hydrogen-bond donors (Lipinski definition) is 0. The van der Waals surface area contributed by atoms with Gasteiger partial charge in [0.15, 0.2) is 0 Å². The quantitative estimate of drug-likeness (QED) is 0.834. The molecule has 0 bridgehead atoms. The van der Waals surface area contributed by atoms with E-state index in [0.29, 0.717) is 36.7 Å². The Labute approximate surface area is 153 Å². The Morgan fingerprint density at radius 1 is 1.12 bits per heavy atom. The number of hydrogen-bond acceptors (Lipinski definition) is 4. The Balaban J connectivity index is 1.30. The molecule has 2 saturated heterocycles. The molecule has 1 aromatic heterocycles. The molecule has 0 aromatic carbocycles. The fourth-order valence-corrected chi connectivity index (χ4v) is 5.21. The summed E-state index contributed by atoms with van der Waals surface area (Å²) in [5.74, 6) is 0.999. The number of aromatic nitrogens is 1. The summed E-state index contributed by atoms with van der Waals surface area (Å²) < 4.78 is 5.31. The van der Waals surface area contributed by atoms with Crippen LogP contribution in [0.25, 0.3) is 0 Å². The molecule has 1 spiro atoms. The van der Waals surface area contributed by atoms with Crippen molar-refractivity contribution in [1.82, 2.24) is 15.0 Å². The molecule has 0 radical (unpaired) electrons. The van der Waals surface area contributed by atoms with E-state index < -0.39 is 0 Å². The first kappa shape index (κ1) is 16.3. The molecule has 6 heteroatoms. The highest BCUT2D eigenvalue weighted by Gasteiger charge is 2.51. The topological polar surface area (TPSA) is 66.7 Å². The van der Waals surface area contributed by atoms with Crippen LogP contribution < -0.4 is 0 Å². The first-order valence-electron chi connectivity index (χ1n) is 10.2. The summed E-state index contributed by atoms with van der Waals surface area (Å²) in [5, 5.41) is 4.06. The van der Waals surface area contributed by atoms with E-state index in [1.54, 1.807) is 6.07 Å². The van der Waals surface area contributed by atoms with E-state index in [1.807, 2.05) is 4.90 Å². The molecule has 2 amide bonds. The maximum absolute atomic E-state index is 13.3. The van der Waals surface area contributed by atoms with E-state index >= 15 is 0 Å². The molecule has 1 aromatic rings. The molecule has 2 aliphatic carbocycles. The van der Waals surface area contributed by atoms with Gasteiger partial charge >= 0.3 is 0 Å². The number of carbonyl (C=O) groups is 2. The summed E-state index contributed by atoms with van der Waals surface area (Å²) in [6.45, 7) is 2.07. The summed E-state index contributed by atoms with van der Waals surface area (Å²) >= 11 is 0. The van der Waals surface area contributed by atoms with E-state index in [9.17, 15) is 9.59 Å². The normalized spacial score (nSPS) is 29.9. The van der Waals surface area contributed by atoms with Crippen LogP contribution in [0.5, 0.6) is 0 Å². The van der Waals surface area contributed by atoms with E-state index in [-0.39, 0.29) is 11.3 Å². The van der Waals surface area contributed by atoms with Gasteiger partial charge in [0.05, 0.1) is 11.1 Å². The minimum atomic E-state index is -0.365. The number of amides is 2. The molecule has 2 saturated carbocycles. The molecule has 140 valence electrons. The second-order valence-corrected chi connectivity index (χ2v) is 8.69. The van der Waals surface area contributed by atoms with Crippen LogP contribution in [0.3, 0.4) is 0 Å². The smallest absolute Gasteiger partial charge is 0.292 e. The van der Waals surface area contributed by atoms with Gasteiger partial charge in [-0.25, -0.2) is 0 Å². The van der Waals surface area contributed by atoms with Crippen molar-refractivity contribution in [1.29, 1.82) is 0 Å². The van der Waals surface area contributed by atoms with Crippen molar-refractivity contribution >= 4 is 11.8 Å². The van der Waals surface area contributed by atoms with Crippen LogP contribution in [0.4, 0.5) is 0 Å². The minimum absolute atomic E-state index is 0.105. The van der Waals surface area contributed by atoms with Crippen molar-refractivity contribution in [2.75, 3.05) is 19.6 Å². The molecule has 4 aliphatic rings. The van der Waals surface area contributed by atoms with Crippen molar-refractivity contribution in [3.63, 3.8) is 0 Å². The van der Waals surface area contributed by atoms with Crippen molar-refractivity contribution in [3.8, 4) is 0 Å². The predicted octanol–water partition coefficient (Wildman–Crippen LogP) is 2.95. The lowest BCUT2D eigenvalue weighted by Crippen LogP contribution is -2.53. The first-order chi connectivity index (χ1) is 12.7. The van der Waals surface area contributed by atoms with Gasteiger partial charge in [-0.05, 0) is 44.9 Å². The number of carbonyl (C=O) groups excluding carboxylic acids is 2. The van der Waals surface area contributed by atoms with Gasteiger partial charge in [-0.15, -0.1) is 0 Å². The third-order valence-electron chi connectivity index (χ3n) is 6.91. The second-order valence-electron chi connectivity index (χ2n) is 8.69. The zero-order valence-electron chi connectivity index (χ0n) is 15.3. The maximum Gasteiger partial charge on any atom is 0.292 e. The first-order valence-corrected chi connectivity index (χ1v) is 10.2. The number of likely N-dealkylation sites (tertiary alicyclic amines) is 2. The summed E-state index contributed by atoms with van der Waals surface area (Å²) in [4.78, 5) is 30.1. The van der Waals surface area contributed by atoms with E-state index in [2.05, 4.69) is 10.1 Å². The van der Waals surface area contributed by atoms with Crippen LogP contribution in [0.15, 0.2) is 10.6 Å². The van der Waals surface area contributed by atoms with Crippen LogP contribution in [0, 0.1) is 5.41 Å². The third kappa shape index (κ3) is 2.65. The molecule has 26 heavy (non-hydrogen) atoms. The van der Waals surface area contributed by atoms with Crippen LogP contribution >= 0.6 is 0 Å². The Hall–Kier alpha value is -1.85. The number of piperidine rings is 1. The largest absolute Gasteiger partial charge is 0.351 e. The predicted molar refractivity (Wildman–Crippen MR) is 94.6 cm³/mol. The Morgan fingerprint density at radius 3 is 2.69 bits per heavy atom. The molecule has 4 fully saturated rings. The van der Waals surface area contributed by atoms with Crippen LogP contribution in [0.1, 0.15) is 80.0 Å². The van der Waals surface area contributed by atoms with Crippen LogP contribution in [0.2, 0.25) is 0 Å². The molecule has 0 N–H and O–H groups in total. The molecule has 1 unspecified atom stereocenters. The highest BCUT2D eigenvalue weighted by atomic mass is 16.5. The molecular weight excluding hydrogens is 330 g/mol. The molecule has 1 atom stereocenters. The minimum Gasteiger partial charge on any atom is -0.351 e. The molecular formula is C20H27N3O3. The van der Waals surface area contributed by atoms with E-state index in [0.717, 1.165) is 57.2 Å². The van der Waals surface area contributed by atoms with Gasteiger partial charge in [0.1, 0.15) is 0 Å². The standard InChI is InChI=1S/C20H27N3O3/c24-18(17-12-16(21-26-17)14-6-7-14)22-11-9-20(13-22)8-3-10-23(19(20)25)15-4-1-2-5-15/h12,14-15H,1-11,13H2. The second kappa shape index (κ2) is 6.10. The molecule has 3 heterocycles. The third-order valence-corrected chi connectivity index (χ3v) is 6.91. The zero-order chi connectivity index (χ0) is 17.7. The maximum atomic E-state index is 13.3. The summed E-state index contributed by atoms with van der Waals surface area (Å²) in [7, 11) is 0. The zero-order valence-corrected chi connectivity index (χ0v) is 15.3. The molecule has 5 rings (SSSR count). The monoisotopic (exact) mass is 357 g/mol. The fourth-order valence-electron chi connectivity index (χ4n) is 5.21. The highest BCUT2D eigenvalue weighted by molar-refractivity contribution is 5.93. The van der Waals surface area contributed by atoms with Crippen LogP contribution in [-0.4, -0.2) is 52.4 Å². The summed E-state index contributed by atoms with van der Waals surface area (Å²) in [6, 6.07) is 2.23. The van der Waals surface area contributed by atoms with Gasteiger partial charge in [-0.2, -0.15) is 0 Å². The van der Waals surface area contributed by atoms with Crippen molar-refractivity contribution < 1.29 is 14.1 Å². The molecule has 6 nitrogen and oxygen atoms in total. The van der Waals surface area contributed by atoms with Gasteiger partial charge in [0, 0.05) is 37.7 Å². The van der Waals surface area contributed by atoms with Gasteiger partial charge in [0.25, 0.3) is 5.91 Å². The van der Waals surface area contributed by atoms with Crippen molar-refractivity contribution in [2.45, 2.75) is 69.7 Å². The summed E-state index contributed by atoms with van der Waals surface area (Å²) in [6.07, 6.45) is 9.78. The van der Waals surface area contributed by atoms with Gasteiger partial charge < -0.3 is 14.3 Å². The molecule has 2 aliphatic heterocycles. The SMILES string of the molecule is O=C(c1cc(C2CC2)no1)N1CCC2(CCCN(C3CCCC3)C2=O)C1. The van der Waals surface area contributed by atoms with Gasteiger partial charge in [-0.3, -0.25) is 9.59 Å². The van der Waals surface area contributed by atoms with Crippen LogP contribution in [-0.2, 0) is 4.79 Å². The average Bonchev–Trinajstić information content (AvgIpc) is 3.10. The lowest BCUT2D eigenvalue weighted by molar-refractivity contribution is -0.148. The Bertz CT molecular complexity index is 720. The summed E-state index contributed by atoms with van der Waals surface area (Å²) in [5.41, 5.74) is 0.541. The lowest BCUT2D eigenvalue weighted by atomic mass is 9.77. The van der Waals surface area contributed by atoms with E-state index in [4.69, 9.17) is 4.52 Å². The van der Waals surface area contributed by atoms with Crippen molar-refractivity contribution in [2.24, 2.45) is 5.41 Å². The highest BCUT2D eigenvalue weighted by Crippen LogP contribution is 2.43. The Kier molecular flexibility index (Phi) is 3.83. The lowest BCUT2D eigenvalue weighted by Gasteiger charge is -2.42. The fraction of sp³-hybridized carbons (Fsp3) is 0.750. The van der Waals surface area contributed by atoms with Gasteiger partial charge in [0.2, 0.25) is 11.7 Å². The van der Waals surface area contributed by atoms with Gasteiger partial charge in [-0.1, -0.05) is 18.0 Å². The Morgan fingerprint density at radius 2 is 1.92 bits per heavy atom. The average molecular weight is 357 g/mol. The van der Waals surface area contributed by atoms with E-state index in [1.165, 1.54) is 12.8 Å².